The first-order valence-electron chi connectivity index (χ1n) is 2.57. The number of hydrogen-bond donors (Lipinski definition) is 0. The van der Waals surface area contributed by atoms with Crippen LogP contribution < -0.4 is 3.51 Å². The fourth-order valence-electron chi connectivity index (χ4n) is 0.554. The summed E-state index contributed by atoms with van der Waals surface area (Å²) in [6.07, 6.45) is 0. The van der Waals surface area contributed by atoms with Gasteiger partial charge in [0.05, 0.1) is 0 Å². The van der Waals surface area contributed by atoms with Gasteiger partial charge in [-0.05, 0) is 0 Å². The summed E-state index contributed by atoms with van der Waals surface area (Å²) < 4.78 is 13.2. The summed E-state index contributed by atoms with van der Waals surface area (Å²) in [5.74, 6) is -0.251. The molecule has 0 amide bonds. The number of halogens is 3. The van der Waals surface area contributed by atoms with Gasteiger partial charge in [-0.1, -0.05) is 0 Å². The molecule has 0 atom stereocenters. The zero-order valence-corrected chi connectivity index (χ0v) is 8.96. The molecule has 0 saturated carbocycles. The van der Waals surface area contributed by atoms with Crippen LogP contribution in [-0.4, -0.2) is 17.9 Å². The van der Waals surface area contributed by atoms with Gasteiger partial charge in [0.25, 0.3) is 0 Å². The molecule has 0 bridgehead atoms. The van der Waals surface area contributed by atoms with E-state index >= 15 is 0 Å². The second kappa shape index (κ2) is 3.80. The molecule has 0 aliphatic carbocycles. The van der Waals surface area contributed by atoms with Gasteiger partial charge in [0.1, 0.15) is 0 Å². The van der Waals surface area contributed by atoms with Gasteiger partial charge in [-0.25, -0.2) is 0 Å². The zero-order chi connectivity index (χ0) is 7.56. The van der Waals surface area contributed by atoms with Gasteiger partial charge in [0, 0.05) is 0 Å². The Morgan fingerprint density at radius 3 is 2.00 bits per heavy atom. The number of hydrogen-bond acceptors (Lipinski definition) is 0. The molecule has 0 aromatic heterocycles. The van der Waals surface area contributed by atoms with Crippen LogP contribution in [0.4, 0.5) is 4.39 Å². The molecule has 0 unspecified atom stereocenters. The molecule has 0 N–H and O–H groups in total. The van der Waals surface area contributed by atoms with Crippen LogP contribution in [0.5, 0.6) is 0 Å². The molecular formula is C6H4Cl2FSb. The third-order valence-corrected chi connectivity index (χ3v) is 5.61. The van der Waals surface area contributed by atoms with Crippen LogP contribution in [0.2, 0.25) is 0 Å². The first-order chi connectivity index (χ1) is 4.70. The van der Waals surface area contributed by atoms with E-state index in [1.165, 1.54) is 12.1 Å². The van der Waals surface area contributed by atoms with E-state index in [0.29, 0.717) is 0 Å². The minimum absolute atomic E-state index is 0.251. The molecule has 10 heavy (non-hydrogen) atoms. The van der Waals surface area contributed by atoms with E-state index in [0.717, 1.165) is 3.51 Å². The number of benzene rings is 1. The van der Waals surface area contributed by atoms with Crippen molar-refractivity contribution in [3.8, 4) is 0 Å². The Balaban J connectivity index is 2.89. The molecule has 0 saturated heterocycles. The average molecular weight is 288 g/mol. The SMILES string of the molecule is Fc1cc[c]([Sb]([Cl])[Cl])cc1. The molecule has 0 nitrogen and oxygen atoms in total. The molecule has 1 aromatic rings. The second-order valence-electron chi connectivity index (χ2n) is 1.71. The first kappa shape index (κ1) is 8.64. The Hall–Kier alpha value is 0.548. The summed E-state index contributed by atoms with van der Waals surface area (Å²) >= 11 is -2.16. The van der Waals surface area contributed by atoms with Crippen LogP contribution in [0.15, 0.2) is 24.3 Å². The molecule has 1 rings (SSSR count). The van der Waals surface area contributed by atoms with E-state index in [9.17, 15) is 4.39 Å². The molecular weight excluding hydrogens is 284 g/mol. The Morgan fingerprint density at radius 2 is 1.60 bits per heavy atom. The van der Waals surface area contributed by atoms with Crippen molar-refractivity contribution in [3.63, 3.8) is 0 Å². The van der Waals surface area contributed by atoms with Gasteiger partial charge in [0.2, 0.25) is 0 Å². The maximum absolute atomic E-state index is 12.3. The van der Waals surface area contributed by atoms with Gasteiger partial charge >= 0.3 is 73.6 Å². The van der Waals surface area contributed by atoms with Crippen LogP contribution in [0, 0.1) is 5.82 Å². The van der Waals surface area contributed by atoms with Crippen LogP contribution in [0.3, 0.4) is 0 Å². The van der Waals surface area contributed by atoms with E-state index in [2.05, 4.69) is 0 Å². The standard InChI is InChI=1S/C6H4F.2ClH.Sb/c7-6-4-2-1-3-5-6;;;/h2-5H;2*1H;/q;;;+2/p-2. The Labute approximate surface area is 73.3 Å². The summed E-state index contributed by atoms with van der Waals surface area (Å²) in [6.45, 7) is 0. The zero-order valence-electron chi connectivity index (χ0n) is 4.89. The van der Waals surface area contributed by atoms with Crippen molar-refractivity contribution in [2.24, 2.45) is 0 Å². The summed E-state index contributed by atoms with van der Waals surface area (Å²) in [5.41, 5.74) is 0. The van der Waals surface area contributed by atoms with Crippen LogP contribution in [0.25, 0.3) is 0 Å². The molecule has 54 valence electrons. The van der Waals surface area contributed by atoms with E-state index in [1.807, 2.05) is 0 Å². The van der Waals surface area contributed by atoms with Crippen molar-refractivity contribution in [1.82, 2.24) is 0 Å². The fourth-order valence-corrected chi connectivity index (χ4v) is 3.13. The van der Waals surface area contributed by atoms with Crippen molar-refractivity contribution < 1.29 is 4.39 Å². The third-order valence-electron chi connectivity index (χ3n) is 1.02. The van der Waals surface area contributed by atoms with E-state index in [1.54, 1.807) is 12.1 Å². The van der Waals surface area contributed by atoms with Gasteiger partial charge in [0.15, 0.2) is 0 Å². The van der Waals surface area contributed by atoms with Crippen molar-refractivity contribution in [2.75, 3.05) is 0 Å². The third kappa shape index (κ3) is 2.30. The maximum atomic E-state index is 12.3. The van der Waals surface area contributed by atoms with Crippen LogP contribution in [0.1, 0.15) is 0 Å². The van der Waals surface area contributed by atoms with Gasteiger partial charge < -0.3 is 0 Å². The monoisotopic (exact) mass is 286 g/mol. The Bertz CT molecular complexity index is 209. The normalized spacial score (nSPS) is 10.4. The summed E-state index contributed by atoms with van der Waals surface area (Å²) in [7, 11) is 11.4. The summed E-state index contributed by atoms with van der Waals surface area (Å²) in [4.78, 5) is 0. The topological polar surface area (TPSA) is 0 Å². The van der Waals surface area contributed by atoms with Gasteiger partial charge in [-0.15, -0.1) is 0 Å². The molecule has 0 aliphatic heterocycles. The van der Waals surface area contributed by atoms with E-state index in [4.69, 9.17) is 17.7 Å². The minimum atomic E-state index is -2.16. The average Bonchev–Trinajstić information content (AvgIpc) is 1.88. The molecule has 0 aliphatic rings. The molecule has 4 heteroatoms. The van der Waals surface area contributed by atoms with Crippen molar-refractivity contribution >= 4 is 39.1 Å². The molecule has 1 aromatic carbocycles. The quantitative estimate of drug-likeness (QED) is 0.693. The summed E-state index contributed by atoms with van der Waals surface area (Å²) in [6, 6.07) is 6.02. The van der Waals surface area contributed by atoms with Gasteiger partial charge in [-0.2, -0.15) is 0 Å². The summed E-state index contributed by atoms with van der Waals surface area (Å²) in [5, 5.41) is 0. The number of rotatable bonds is 1. The van der Waals surface area contributed by atoms with Crippen molar-refractivity contribution in [2.45, 2.75) is 0 Å². The first-order valence-corrected chi connectivity index (χ1v) is 10.3. The fraction of sp³-hybridized carbons (Fsp3) is 0. The molecule has 0 heterocycles. The second-order valence-corrected chi connectivity index (χ2v) is 10.2. The van der Waals surface area contributed by atoms with Crippen LogP contribution in [-0.2, 0) is 0 Å². The predicted octanol–water partition coefficient (Wildman–Crippen LogP) is 2.00. The van der Waals surface area contributed by atoms with Crippen molar-refractivity contribution in [1.29, 1.82) is 0 Å². The molecule has 0 spiro atoms. The Morgan fingerprint density at radius 1 is 1.10 bits per heavy atom. The van der Waals surface area contributed by atoms with Crippen LogP contribution >= 0.6 is 17.7 Å². The Kier molecular flexibility index (Phi) is 3.29. The van der Waals surface area contributed by atoms with E-state index in [-0.39, 0.29) is 5.82 Å². The van der Waals surface area contributed by atoms with E-state index < -0.39 is 17.9 Å². The molecule has 0 radical (unpaired) electrons. The molecule has 0 fully saturated rings. The van der Waals surface area contributed by atoms with Gasteiger partial charge in [-0.3, -0.25) is 0 Å². The predicted molar refractivity (Wildman–Crippen MR) is 43.5 cm³/mol. The van der Waals surface area contributed by atoms with Crippen molar-refractivity contribution in [3.05, 3.63) is 30.1 Å².